The van der Waals surface area contributed by atoms with E-state index in [-0.39, 0.29) is 5.56 Å². The molecule has 0 amide bonds. The summed E-state index contributed by atoms with van der Waals surface area (Å²) in [5.41, 5.74) is 1.64. The van der Waals surface area contributed by atoms with Gasteiger partial charge in [-0.05, 0) is 30.2 Å². The third kappa shape index (κ3) is 3.67. The van der Waals surface area contributed by atoms with Gasteiger partial charge >= 0.3 is 5.97 Å². The van der Waals surface area contributed by atoms with E-state index in [1.165, 1.54) is 7.11 Å². The lowest BCUT2D eigenvalue weighted by atomic mass is 10.1. The van der Waals surface area contributed by atoms with Gasteiger partial charge in [-0.25, -0.2) is 4.79 Å². The fourth-order valence-electron chi connectivity index (χ4n) is 2.72. The Labute approximate surface area is 149 Å². The number of pyridine rings is 1. The van der Waals surface area contributed by atoms with Crippen LogP contribution in [0.3, 0.4) is 0 Å². The first-order valence-corrected chi connectivity index (χ1v) is 8.19. The number of hydrogen-bond donors (Lipinski definition) is 2. The maximum absolute atomic E-state index is 12.3. The molecule has 0 bridgehead atoms. The molecular weight excluding hydrogens is 340 g/mol. The van der Waals surface area contributed by atoms with Crippen LogP contribution in [-0.2, 0) is 11.2 Å². The number of aromatic amines is 1. The van der Waals surface area contributed by atoms with E-state index in [0.717, 1.165) is 12.0 Å². The molecule has 3 rings (SSSR count). The molecule has 2 N–H and O–H groups in total. The first-order chi connectivity index (χ1) is 12.1. The Morgan fingerprint density at radius 2 is 1.96 bits per heavy atom. The third-order valence-electron chi connectivity index (χ3n) is 3.92. The number of esters is 1. The number of H-pyrrole nitrogens is 1. The van der Waals surface area contributed by atoms with Crippen LogP contribution in [0.25, 0.3) is 10.9 Å². The van der Waals surface area contributed by atoms with Gasteiger partial charge in [-0.2, -0.15) is 0 Å². The molecule has 5 nitrogen and oxygen atoms in total. The Bertz CT molecular complexity index is 968. The second kappa shape index (κ2) is 7.40. The van der Waals surface area contributed by atoms with Crippen molar-refractivity contribution in [1.82, 2.24) is 4.98 Å². The number of carbonyl (C=O) groups is 1. The summed E-state index contributed by atoms with van der Waals surface area (Å²) < 4.78 is 4.77. The van der Waals surface area contributed by atoms with Gasteiger partial charge in [0.2, 0.25) is 0 Å². The number of hydrogen-bond acceptors (Lipinski definition) is 4. The van der Waals surface area contributed by atoms with Crippen LogP contribution in [0.4, 0.5) is 5.69 Å². The number of methoxy groups -OCH3 is 1. The van der Waals surface area contributed by atoms with Crippen molar-refractivity contribution in [3.05, 3.63) is 75.0 Å². The van der Waals surface area contributed by atoms with Crippen LogP contribution in [0.2, 0.25) is 5.02 Å². The number of carbonyl (C=O) groups excluding carboxylic acids is 1. The highest BCUT2D eigenvalue weighted by Gasteiger charge is 2.20. The van der Waals surface area contributed by atoms with E-state index in [0.29, 0.717) is 28.2 Å². The van der Waals surface area contributed by atoms with Crippen molar-refractivity contribution in [2.75, 3.05) is 19.0 Å². The third-order valence-corrected chi connectivity index (χ3v) is 4.16. The highest BCUT2D eigenvalue weighted by atomic mass is 35.5. The van der Waals surface area contributed by atoms with Gasteiger partial charge in [-0.3, -0.25) is 4.79 Å². The predicted octanol–water partition coefficient (Wildman–Crippen LogP) is 3.62. The van der Waals surface area contributed by atoms with Gasteiger partial charge in [0.25, 0.3) is 5.56 Å². The van der Waals surface area contributed by atoms with Gasteiger partial charge in [-0.15, -0.1) is 0 Å². The van der Waals surface area contributed by atoms with Gasteiger partial charge in [0.05, 0.1) is 18.3 Å². The molecule has 0 atom stereocenters. The number of anilines is 1. The van der Waals surface area contributed by atoms with E-state index < -0.39 is 11.5 Å². The average molecular weight is 357 g/mol. The summed E-state index contributed by atoms with van der Waals surface area (Å²) in [4.78, 5) is 27.1. The topological polar surface area (TPSA) is 71.2 Å². The zero-order chi connectivity index (χ0) is 17.8. The quantitative estimate of drug-likeness (QED) is 0.685. The summed E-state index contributed by atoms with van der Waals surface area (Å²) in [6.45, 7) is 0.555. The molecule has 3 aromatic rings. The average Bonchev–Trinajstić information content (AvgIpc) is 2.62. The van der Waals surface area contributed by atoms with Gasteiger partial charge in [-0.1, -0.05) is 41.9 Å². The Morgan fingerprint density at radius 3 is 2.68 bits per heavy atom. The highest BCUT2D eigenvalue weighted by Crippen LogP contribution is 2.27. The lowest BCUT2D eigenvalue weighted by Gasteiger charge is -2.14. The Hall–Kier alpha value is -2.79. The van der Waals surface area contributed by atoms with E-state index in [9.17, 15) is 9.59 Å². The number of benzene rings is 2. The standard InChI is InChI=1S/C19H17ClN2O3/c1-25-19(24)16-17(21-10-9-12-5-3-2-4-6-12)14-11-13(20)7-8-15(14)22-18(16)23/h2-8,11H,9-10H2,1H3,(H2,21,22,23). The summed E-state index contributed by atoms with van der Waals surface area (Å²) in [5.74, 6) is -0.690. The van der Waals surface area contributed by atoms with Crippen LogP contribution < -0.4 is 10.9 Å². The van der Waals surface area contributed by atoms with Crippen LogP contribution in [0, 0.1) is 0 Å². The van der Waals surface area contributed by atoms with Crippen LogP contribution in [0.1, 0.15) is 15.9 Å². The molecule has 1 heterocycles. The molecule has 2 aromatic carbocycles. The van der Waals surface area contributed by atoms with Crippen molar-refractivity contribution in [3.8, 4) is 0 Å². The van der Waals surface area contributed by atoms with Crippen molar-refractivity contribution >= 4 is 34.2 Å². The molecule has 25 heavy (non-hydrogen) atoms. The molecule has 0 aliphatic carbocycles. The molecule has 0 fully saturated rings. The zero-order valence-corrected chi connectivity index (χ0v) is 14.4. The fraction of sp³-hybridized carbons (Fsp3) is 0.158. The molecule has 1 aromatic heterocycles. The molecule has 128 valence electrons. The van der Waals surface area contributed by atoms with Gasteiger partial charge in [0, 0.05) is 17.0 Å². The lowest BCUT2D eigenvalue weighted by molar-refractivity contribution is 0.0600. The highest BCUT2D eigenvalue weighted by molar-refractivity contribution is 6.31. The minimum Gasteiger partial charge on any atom is -0.465 e. The number of halogens is 1. The van der Waals surface area contributed by atoms with Crippen LogP contribution >= 0.6 is 11.6 Å². The van der Waals surface area contributed by atoms with E-state index in [1.807, 2.05) is 30.3 Å². The normalized spacial score (nSPS) is 10.6. The molecule has 0 aliphatic heterocycles. The second-order valence-corrected chi connectivity index (χ2v) is 5.98. The minimum absolute atomic E-state index is 0.0506. The number of rotatable bonds is 5. The summed E-state index contributed by atoms with van der Waals surface area (Å²) >= 11 is 6.09. The summed E-state index contributed by atoms with van der Waals surface area (Å²) in [7, 11) is 1.25. The minimum atomic E-state index is -0.690. The summed E-state index contributed by atoms with van der Waals surface area (Å²) in [5, 5.41) is 4.39. The maximum Gasteiger partial charge on any atom is 0.345 e. The molecule has 6 heteroatoms. The Balaban J connectivity index is 2.01. The summed E-state index contributed by atoms with van der Waals surface area (Å²) in [6, 6.07) is 15.1. The maximum atomic E-state index is 12.3. The van der Waals surface area contributed by atoms with E-state index in [4.69, 9.17) is 16.3 Å². The molecule has 0 radical (unpaired) electrons. The van der Waals surface area contributed by atoms with Crippen molar-refractivity contribution in [2.45, 2.75) is 6.42 Å². The lowest BCUT2D eigenvalue weighted by Crippen LogP contribution is -2.22. The van der Waals surface area contributed by atoms with Crippen molar-refractivity contribution in [2.24, 2.45) is 0 Å². The fourth-order valence-corrected chi connectivity index (χ4v) is 2.89. The molecule has 0 unspecified atom stereocenters. The molecule has 0 saturated heterocycles. The molecule has 0 aliphatic rings. The zero-order valence-electron chi connectivity index (χ0n) is 13.6. The van der Waals surface area contributed by atoms with E-state index >= 15 is 0 Å². The molecular formula is C19H17ClN2O3. The van der Waals surface area contributed by atoms with Gasteiger partial charge in [0.1, 0.15) is 5.56 Å². The van der Waals surface area contributed by atoms with Crippen LogP contribution in [-0.4, -0.2) is 24.6 Å². The number of ether oxygens (including phenoxy) is 1. The largest absolute Gasteiger partial charge is 0.465 e. The smallest absolute Gasteiger partial charge is 0.345 e. The Morgan fingerprint density at radius 1 is 1.20 bits per heavy atom. The Kier molecular flexibility index (Phi) is 5.05. The number of nitrogens with one attached hydrogen (secondary N) is 2. The predicted molar refractivity (Wildman–Crippen MR) is 99.6 cm³/mol. The first-order valence-electron chi connectivity index (χ1n) is 7.82. The van der Waals surface area contributed by atoms with Crippen molar-refractivity contribution < 1.29 is 9.53 Å². The first kappa shape index (κ1) is 17.0. The SMILES string of the molecule is COC(=O)c1c(NCCc2ccccc2)c2cc(Cl)ccc2[nH]c1=O. The monoisotopic (exact) mass is 356 g/mol. The van der Waals surface area contributed by atoms with Gasteiger partial charge < -0.3 is 15.0 Å². The number of fused-ring (bicyclic) bond motifs is 1. The molecule has 0 saturated carbocycles. The van der Waals surface area contributed by atoms with Crippen LogP contribution in [0.15, 0.2) is 53.3 Å². The van der Waals surface area contributed by atoms with Crippen LogP contribution in [0.5, 0.6) is 0 Å². The molecule has 0 spiro atoms. The summed E-state index contributed by atoms with van der Waals surface area (Å²) in [6.07, 6.45) is 0.746. The van der Waals surface area contributed by atoms with E-state index in [2.05, 4.69) is 10.3 Å². The number of aromatic nitrogens is 1. The van der Waals surface area contributed by atoms with E-state index in [1.54, 1.807) is 18.2 Å². The van der Waals surface area contributed by atoms with Crippen molar-refractivity contribution in [1.29, 1.82) is 0 Å². The van der Waals surface area contributed by atoms with Crippen molar-refractivity contribution in [3.63, 3.8) is 0 Å². The second-order valence-electron chi connectivity index (χ2n) is 5.55. The van der Waals surface area contributed by atoms with Gasteiger partial charge in [0.15, 0.2) is 0 Å².